The minimum absolute atomic E-state index is 0.286. The van der Waals surface area contributed by atoms with Gasteiger partial charge < -0.3 is 0 Å². The van der Waals surface area contributed by atoms with Crippen LogP contribution >= 0.6 is 27.3 Å². The Morgan fingerprint density at radius 3 is 2.50 bits per heavy atom. The predicted molar refractivity (Wildman–Crippen MR) is 73.1 cm³/mol. The van der Waals surface area contributed by atoms with Gasteiger partial charge in [-0.1, -0.05) is 6.92 Å². The number of hydrogen-bond acceptors (Lipinski definition) is 3. The molecule has 0 aliphatic heterocycles. The number of thiophene rings is 1. The van der Waals surface area contributed by atoms with Crippen molar-refractivity contribution in [3.8, 4) is 0 Å². The van der Waals surface area contributed by atoms with Crippen molar-refractivity contribution < 1.29 is 4.79 Å². The first-order valence-electron chi connectivity index (χ1n) is 5.35. The summed E-state index contributed by atoms with van der Waals surface area (Å²) in [6.45, 7) is 4.07. The molecule has 1 unspecified atom stereocenters. The highest BCUT2D eigenvalue weighted by atomic mass is 79.9. The van der Waals surface area contributed by atoms with Gasteiger partial charge in [-0.3, -0.25) is 9.69 Å². The van der Waals surface area contributed by atoms with Crippen LogP contribution in [0.2, 0.25) is 0 Å². The maximum absolute atomic E-state index is 12.3. The zero-order chi connectivity index (χ0) is 12.3. The van der Waals surface area contributed by atoms with Gasteiger partial charge in [-0.25, -0.2) is 0 Å². The van der Waals surface area contributed by atoms with E-state index in [1.54, 1.807) is 11.3 Å². The quantitative estimate of drug-likeness (QED) is 0.831. The van der Waals surface area contributed by atoms with E-state index in [1.165, 1.54) is 0 Å². The highest BCUT2D eigenvalue weighted by Gasteiger charge is 2.33. The van der Waals surface area contributed by atoms with Crippen molar-refractivity contribution in [2.24, 2.45) is 0 Å². The Labute approximate surface area is 110 Å². The van der Waals surface area contributed by atoms with E-state index in [0.717, 1.165) is 15.1 Å². The molecule has 0 aliphatic carbocycles. The van der Waals surface area contributed by atoms with Gasteiger partial charge in [0, 0.05) is 11.3 Å². The van der Waals surface area contributed by atoms with Crippen LogP contribution < -0.4 is 0 Å². The highest BCUT2D eigenvalue weighted by Crippen LogP contribution is 2.26. The van der Waals surface area contributed by atoms with E-state index in [0.29, 0.717) is 6.42 Å². The van der Waals surface area contributed by atoms with Crippen molar-refractivity contribution >= 4 is 33.0 Å². The normalized spacial score (nSPS) is 15.1. The second-order valence-corrected chi connectivity index (χ2v) is 6.88. The van der Waals surface area contributed by atoms with E-state index in [4.69, 9.17) is 0 Å². The molecular formula is C12H18BrNOS. The van der Waals surface area contributed by atoms with Crippen molar-refractivity contribution in [3.63, 3.8) is 0 Å². The molecule has 1 rings (SSSR count). The first-order chi connectivity index (χ1) is 7.40. The molecule has 4 heteroatoms. The summed E-state index contributed by atoms with van der Waals surface area (Å²) in [5.74, 6) is 0.286. The molecule has 1 heterocycles. The number of ketones is 1. The summed E-state index contributed by atoms with van der Waals surface area (Å²) >= 11 is 5.05. The molecule has 1 aromatic rings. The summed E-state index contributed by atoms with van der Waals surface area (Å²) in [5, 5.41) is 0. The van der Waals surface area contributed by atoms with Crippen molar-refractivity contribution in [1.82, 2.24) is 4.90 Å². The molecule has 1 atom stereocenters. The van der Waals surface area contributed by atoms with E-state index in [9.17, 15) is 4.79 Å². The van der Waals surface area contributed by atoms with E-state index in [-0.39, 0.29) is 11.3 Å². The number of Topliss-reactive ketones (excluding diaryl/α,β-unsaturated/α-hetero) is 1. The lowest BCUT2D eigenvalue weighted by Gasteiger charge is -2.33. The van der Waals surface area contributed by atoms with E-state index in [1.807, 2.05) is 38.1 Å². The summed E-state index contributed by atoms with van der Waals surface area (Å²) in [4.78, 5) is 15.4. The third-order valence-electron chi connectivity index (χ3n) is 3.24. The molecule has 16 heavy (non-hydrogen) atoms. The van der Waals surface area contributed by atoms with Crippen molar-refractivity contribution in [3.05, 3.63) is 20.8 Å². The number of rotatable bonds is 5. The lowest BCUT2D eigenvalue weighted by molar-refractivity contribution is -0.128. The third-order valence-corrected chi connectivity index (χ3v) is 4.86. The van der Waals surface area contributed by atoms with E-state index in [2.05, 4.69) is 22.9 Å². The van der Waals surface area contributed by atoms with Crippen LogP contribution in [0.3, 0.4) is 0 Å². The van der Waals surface area contributed by atoms with Crippen LogP contribution in [-0.4, -0.2) is 30.3 Å². The van der Waals surface area contributed by atoms with Crippen LogP contribution in [0.5, 0.6) is 0 Å². The summed E-state index contributed by atoms with van der Waals surface area (Å²) in [6.07, 6.45) is 1.37. The number of hydrogen-bond donors (Lipinski definition) is 0. The summed E-state index contributed by atoms with van der Waals surface area (Å²) in [5.41, 5.74) is -0.351. The zero-order valence-corrected chi connectivity index (χ0v) is 12.6. The average molecular weight is 304 g/mol. The Kier molecular flexibility index (Phi) is 4.71. The molecule has 0 N–H and O–H groups in total. The number of carbonyl (C=O) groups is 1. The molecule has 0 amide bonds. The van der Waals surface area contributed by atoms with Crippen LogP contribution in [0.1, 0.15) is 25.1 Å². The van der Waals surface area contributed by atoms with Crippen LogP contribution in [0.4, 0.5) is 0 Å². The molecule has 0 saturated carbocycles. The van der Waals surface area contributed by atoms with E-state index < -0.39 is 0 Å². The van der Waals surface area contributed by atoms with Crippen LogP contribution in [0.15, 0.2) is 15.9 Å². The Morgan fingerprint density at radius 2 is 2.12 bits per heavy atom. The molecule has 0 bridgehead atoms. The fraction of sp³-hybridized carbons (Fsp3) is 0.583. The van der Waals surface area contributed by atoms with Crippen molar-refractivity contribution in [1.29, 1.82) is 0 Å². The van der Waals surface area contributed by atoms with Gasteiger partial charge >= 0.3 is 0 Å². The third kappa shape index (κ3) is 2.93. The molecule has 0 spiro atoms. The van der Waals surface area contributed by atoms with Gasteiger partial charge in [0.2, 0.25) is 0 Å². The van der Waals surface area contributed by atoms with Crippen molar-refractivity contribution in [2.75, 3.05) is 14.1 Å². The van der Waals surface area contributed by atoms with Crippen molar-refractivity contribution in [2.45, 2.75) is 32.2 Å². The zero-order valence-electron chi connectivity index (χ0n) is 10.2. The monoisotopic (exact) mass is 303 g/mol. The Bertz CT molecular complexity index is 375. The molecule has 0 fully saturated rings. The van der Waals surface area contributed by atoms with Gasteiger partial charge in [-0.15, -0.1) is 11.3 Å². The first kappa shape index (κ1) is 13.9. The van der Waals surface area contributed by atoms with Gasteiger partial charge in [0.05, 0.1) is 9.33 Å². The largest absolute Gasteiger partial charge is 0.297 e. The second-order valence-electron chi connectivity index (χ2n) is 4.33. The topological polar surface area (TPSA) is 20.3 Å². The van der Waals surface area contributed by atoms with Gasteiger partial charge in [0.1, 0.15) is 0 Å². The maximum atomic E-state index is 12.3. The van der Waals surface area contributed by atoms with Crippen LogP contribution in [0, 0.1) is 0 Å². The Balaban J connectivity index is 2.78. The lowest BCUT2D eigenvalue weighted by atomic mass is 9.89. The van der Waals surface area contributed by atoms with Gasteiger partial charge in [0.25, 0.3) is 0 Å². The van der Waals surface area contributed by atoms with Gasteiger partial charge in [-0.2, -0.15) is 0 Å². The second kappa shape index (κ2) is 5.43. The summed E-state index contributed by atoms with van der Waals surface area (Å²) in [7, 11) is 3.93. The Morgan fingerprint density at radius 1 is 1.50 bits per heavy atom. The molecule has 2 nitrogen and oxygen atoms in total. The molecule has 0 aliphatic rings. The fourth-order valence-corrected chi connectivity index (χ4v) is 3.04. The molecule has 0 saturated heterocycles. The minimum Gasteiger partial charge on any atom is -0.297 e. The summed E-state index contributed by atoms with van der Waals surface area (Å²) in [6, 6.07) is 4.00. The number of carbonyl (C=O) groups excluding carboxylic acids is 1. The highest BCUT2D eigenvalue weighted by molar-refractivity contribution is 9.11. The van der Waals surface area contributed by atoms with E-state index >= 15 is 0 Å². The first-order valence-corrected chi connectivity index (χ1v) is 6.96. The Hall–Kier alpha value is -0.190. The fourth-order valence-electron chi connectivity index (χ4n) is 1.56. The predicted octanol–water partition coefficient (Wildman–Crippen LogP) is 3.35. The number of nitrogens with zero attached hydrogens (tertiary/aromatic N) is 1. The van der Waals surface area contributed by atoms with Gasteiger partial charge in [-0.05, 0) is 55.5 Å². The standard InChI is InChI=1S/C12H18BrNOS/c1-5-12(2,14(3)4)10(15)8-9-6-7-11(13)16-9/h6-7H,5,8H2,1-4H3. The number of halogens is 1. The van der Waals surface area contributed by atoms with Crippen LogP contribution in [-0.2, 0) is 11.2 Å². The average Bonchev–Trinajstić information content (AvgIpc) is 2.62. The SMILES string of the molecule is CCC(C)(C(=O)Cc1ccc(Br)s1)N(C)C. The molecule has 0 radical (unpaired) electrons. The molecular weight excluding hydrogens is 286 g/mol. The number of likely N-dealkylation sites (N-methyl/N-ethyl adjacent to an activating group) is 1. The smallest absolute Gasteiger partial charge is 0.157 e. The molecule has 0 aromatic carbocycles. The van der Waals surface area contributed by atoms with Gasteiger partial charge in [0.15, 0.2) is 5.78 Å². The van der Waals surface area contributed by atoms with Crippen LogP contribution in [0.25, 0.3) is 0 Å². The molecule has 90 valence electrons. The molecule has 1 aromatic heterocycles. The summed E-state index contributed by atoms with van der Waals surface area (Å²) < 4.78 is 1.08. The maximum Gasteiger partial charge on any atom is 0.157 e. The minimum atomic E-state index is -0.351. The lowest BCUT2D eigenvalue weighted by Crippen LogP contribution is -2.48.